The number of aliphatic hydroxyl groups is 2. The molecule has 5 aliphatic carbocycles. The molecule has 1 unspecified atom stereocenters. The normalized spacial score (nSPS) is 46.8. The molecule has 3 radical (unpaired) electrons. The zero-order valence-electron chi connectivity index (χ0n) is 28.5. The van der Waals surface area contributed by atoms with Crippen LogP contribution in [-0.2, 0) is 19.0 Å². The molecule has 7 aliphatic rings. The Morgan fingerprint density at radius 3 is 2.44 bits per heavy atom. The van der Waals surface area contributed by atoms with Crippen molar-refractivity contribution in [2.75, 3.05) is 13.1 Å². The van der Waals surface area contributed by atoms with E-state index >= 15 is 0 Å². The smallest absolute Gasteiger partial charge is 0.407 e. The molecule has 1 amide bonds. The molecule has 10 atom stereocenters. The summed E-state index contributed by atoms with van der Waals surface area (Å²) >= 11 is 0. The number of carbonyl (C=O) groups excluding carboxylic acids is 2. The molecule has 0 aromatic heterocycles. The highest BCUT2D eigenvalue weighted by atomic mass is 16.6. The van der Waals surface area contributed by atoms with Gasteiger partial charge in [-0.1, -0.05) is 34.6 Å². The van der Waals surface area contributed by atoms with Crippen molar-refractivity contribution in [2.24, 2.45) is 44.8 Å². The second-order valence-corrected chi connectivity index (χ2v) is 17.5. The molecular weight excluding hydrogens is 572 g/mol. The van der Waals surface area contributed by atoms with Crippen molar-refractivity contribution in [1.29, 1.82) is 0 Å². The quantitative estimate of drug-likeness (QED) is 0.319. The Morgan fingerprint density at radius 1 is 1.11 bits per heavy atom. The summed E-state index contributed by atoms with van der Waals surface area (Å²) in [7, 11) is 0. The summed E-state index contributed by atoms with van der Waals surface area (Å²) in [5, 5.41) is 29.6. The highest BCUT2D eigenvalue weighted by molar-refractivity contribution is 5.68. The van der Waals surface area contributed by atoms with E-state index in [0.717, 1.165) is 58.0 Å². The van der Waals surface area contributed by atoms with Crippen molar-refractivity contribution in [3.8, 4) is 0 Å². The summed E-state index contributed by atoms with van der Waals surface area (Å²) in [4.78, 5) is 24.8. The van der Waals surface area contributed by atoms with Gasteiger partial charge >= 0.3 is 12.1 Å². The van der Waals surface area contributed by atoms with Gasteiger partial charge in [0.2, 0.25) is 0 Å². The molecule has 2 saturated heterocycles. The summed E-state index contributed by atoms with van der Waals surface area (Å²) in [6.07, 6.45) is 6.97. The first kappa shape index (κ1) is 32.1. The van der Waals surface area contributed by atoms with E-state index in [2.05, 4.69) is 45.3 Å². The predicted octanol–water partition coefficient (Wildman–Crippen LogP) is 4.85. The largest absolute Gasteiger partial charge is 0.456 e. The lowest BCUT2D eigenvalue weighted by Crippen LogP contribution is -2.60. The van der Waals surface area contributed by atoms with Crippen molar-refractivity contribution in [2.45, 2.75) is 137 Å². The SMILES string of the molecule is CC(=O)O[C@@H]([C]1C[C@@H](C)[C@H]2[C](O1)[C@H](O)[C@@]1(C)[C]3CC[C@H]4C(C)(C)C(OC(=O)NC5CNC5)CC[C@@]45C[C@@]35CC[C@]21C)C(C)(C)O. The molecule has 251 valence electrons. The predicted molar refractivity (Wildman–Crippen MR) is 167 cm³/mol. The van der Waals surface area contributed by atoms with Crippen LogP contribution in [0.2, 0.25) is 0 Å². The van der Waals surface area contributed by atoms with Crippen molar-refractivity contribution in [1.82, 2.24) is 10.6 Å². The minimum atomic E-state index is -1.32. The van der Waals surface area contributed by atoms with E-state index in [9.17, 15) is 19.8 Å². The lowest BCUT2D eigenvalue weighted by atomic mass is 9.41. The average molecular weight is 628 g/mol. The summed E-state index contributed by atoms with van der Waals surface area (Å²) < 4.78 is 18.4. The van der Waals surface area contributed by atoms with E-state index in [0.29, 0.717) is 24.5 Å². The van der Waals surface area contributed by atoms with Crippen LogP contribution in [0.4, 0.5) is 4.79 Å². The van der Waals surface area contributed by atoms with Gasteiger partial charge in [-0.15, -0.1) is 0 Å². The lowest BCUT2D eigenvalue weighted by Gasteiger charge is -2.63. The van der Waals surface area contributed by atoms with Crippen LogP contribution < -0.4 is 10.6 Å². The Hall–Kier alpha value is -1.42. The van der Waals surface area contributed by atoms with Crippen LogP contribution in [0.25, 0.3) is 0 Å². The maximum Gasteiger partial charge on any atom is 0.407 e. The molecule has 7 rings (SSSR count). The van der Waals surface area contributed by atoms with Crippen LogP contribution in [0.3, 0.4) is 0 Å². The molecule has 45 heavy (non-hydrogen) atoms. The molecule has 7 fully saturated rings. The van der Waals surface area contributed by atoms with Crippen LogP contribution in [0.15, 0.2) is 0 Å². The third-order valence-corrected chi connectivity index (χ3v) is 14.6. The molecule has 0 aromatic carbocycles. The van der Waals surface area contributed by atoms with E-state index in [-0.39, 0.29) is 51.7 Å². The number of carbonyl (C=O) groups is 2. The van der Waals surface area contributed by atoms with E-state index in [4.69, 9.17) is 14.2 Å². The highest BCUT2D eigenvalue weighted by Crippen LogP contribution is 2.90. The standard InChI is InChI=1S/C36H55N2O7/c1-19-15-22(29(32(5,6)42)43-20(2)39)44-27-26(19)33(7)13-14-36-18-35(36)12-11-25(45-30(41)38-21-16-37-17-21)31(3,4)23(35)9-10-24(36)34(33,8)28(27)40/h19,21,23,25-26,28-29,37,40,42H,9-18H2,1-8H3,(H,38,41)/t19-,23+,25?,26+,28+,29+,33-,34-,35-,36+/m1/s1. The number of aliphatic hydroxyl groups excluding tert-OH is 1. The van der Waals surface area contributed by atoms with Gasteiger partial charge in [-0.05, 0) is 99.2 Å². The van der Waals surface area contributed by atoms with Gasteiger partial charge in [-0.25, -0.2) is 4.79 Å². The van der Waals surface area contributed by atoms with Crippen LogP contribution in [0.5, 0.6) is 0 Å². The first-order chi connectivity index (χ1) is 20.9. The Morgan fingerprint density at radius 2 is 1.82 bits per heavy atom. The monoisotopic (exact) mass is 627 g/mol. The number of rotatable bonds is 5. The molecule has 2 heterocycles. The third kappa shape index (κ3) is 4.24. The topological polar surface area (TPSA) is 126 Å². The van der Waals surface area contributed by atoms with Gasteiger partial charge in [-0.3, -0.25) is 4.79 Å². The second kappa shape index (κ2) is 10.1. The molecule has 9 nitrogen and oxygen atoms in total. The number of amides is 1. The highest BCUT2D eigenvalue weighted by Gasteiger charge is 2.85. The Bertz CT molecular complexity index is 1230. The molecule has 4 N–H and O–H groups in total. The van der Waals surface area contributed by atoms with E-state index < -0.39 is 29.2 Å². The minimum absolute atomic E-state index is 0.0725. The number of ether oxygens (including phenoxy) is 3. The molecule has 2 aliphatic heterocycles. The third-order valence-electron chi connectivity index (χ3n) is 14.6. The summed E-state index contributed by atoms with van der Waals surface area (Å²) in [5.41, 5.74) is -1.77. The average Bonchev–Trinajstić information content (AvgIpc) is 3.55. The van der Waals surface area contributed by atoms with Gasteiger partial charge in [0, 0.05) is 36.8 Å². The van der Waals surface area contributed by atoms with Crippen molar-refractivity contribution in [3.63, 3.8) is 0 Å². The van der Waals surface area contributed by atoms with Gasteiger partial charge in [0.05, 0.1) is 17.7 Å². The van der Waals surface area contributed by atoms with Crippen LogP contribution in [0, 0.1) is 63.0 Å². The molecule has 0 bridgehead atoms. The molecule has 0 aromatic rings. The minimum Gasteiger partial charge on any atom is -0.456 e. The zero-order valence-corrected chi connectivity index (χ0v) is 28.5. The van der Waals surface area contributed by atoms with E-state index in [1.54, 1.807) is 13.8 Å². The summed E-state index contributed by atoms with van der Waals surface area (Å²) in [6, 6.07) is 0.161. The lowest BCUT2D eigenvalue weighted by molar-refractivity contribution is -0.171. The Kier molecular flexibility index (Phi) is 7.18. The van der Waals surface area contributed by atoms with Crippen LogP contribution >= 0.6 is 0 Å². The number of hydrogen-bond donors (Lipinski definition) is 4. The number of fused-ring (bicyclic) bond motifs is 4. The summed E-state index contributed by atoms with van der Waals surface area (Å²) in [5.74, 6) is 1.77. The van der Waals surface area contributed by atoms with Crippen LogP contribution in [0.1, 0.15) is 107 Å². The number of hydrogen-bond acceptors (Lipinski definition) is 8. The molecule has 9 heteroatoms. The fraction of sp³-hybridized carbons (Fsp3) is 0.861. The van der Waals surface area contributed by atoms with Crippen molar-refractivity contribution < 1.29 is 34.0 Å². The zero-order chi connectivity index (χ0) is 32.5. The van der Waals surface area contributed by atoms with Crippen molar-refractivity contribution in [3.05, 3.63) is 18.1 Å². The van der Waals surface area contributed by atoms with Crippen molar-refractivity contribution >= 4 is 12.1 Å². The molecular formula is C36H55N2O7. The maximum atomic E-state index is 12.8. The number of nitrogens with one attached hydrogen (secondary N) is 2. The van der Waals surface area contributed by atoms with E-state index in [1.165, 1.54) is 12.8 Å². The van der Waals surface area contributed by atoms with Gasteiger partial charge in [0.25, 0.3) is 0 Å². The first-order valence-electron chi connectivity index (χ1n) is 17.4. The molecule has 2 spiro atoms. The van der Waals surface area contributed by atoms with Gasteiger partial charge in [-0.2, -0.15) is 0 Å². The molecule has 5 saturated carbocycles. The number of alkyl carbamates (subject to hydrolysis) is 1. The first-order valence-corrected chi connectivity index (χ1v) is 17.4. The van der Waals surface area contributed by atoms with Gasteiger partial charge in [0.15, 0.2) is 6.10 Å². The maximum absolute atomic E-state index is 12.8. The van der Waals surface area contributed by atoms with E-state index in [1.807, 2.05) is 0 Å². The number of esters is 1. The Balaban J connectivity index is 1.14. The fourth-order valence-corrected chi connectivity index (χ4v) is 12.3. The Labute approximate surface area is 269 Å². The van der Waals surface area contributed by atoms with Crippen LogP contribution in [-0.4, -0.2) is 65.3 Å². The second-order valence-electron chi connectivity index (χ2n) is 17.5. The van der Waals surface area contributed by atoms with Gasteiger partial charge < -0.3 is 35.1 Å². The fourth-order valence-electron chi connectivity index (χ4n) is 12.3. The summed E-state index contributed by atoms with van der Waals surface area (Å²) in [6.45, 7) is 17.8. The van der Waals surface area contributed by atoms with Gasteiger partial charge in [0.1, 0.15) is 18.3 Å².